The molecule has 35 heavy (non-hydrogen) atoms. The van der Waals surface area contributed by atoms with Crippen LogP contribution in [0.5, 0.6) is 0 Å². The van der Waals surface area contributed by atoms with Crippen LogP contribution < -0.4 is 0 Å². The predicted octanol–water partition coefficient (Wildman–Crippen LogP) is 5.04. The molecule has 3 aliphatic rings. The second kappa shape index (κ2) is 8.48. The minimum atomic E-state index is -0.813. The quantitative estimate of drug-likeness (QED) is 0.419. The average Bonchev–Trinajstić information content (AvgIpc) is 3.29. The van der Waals surface area contributed by atoms with Crippen LogP contribution >= 0.6 is 0 Å². The number of aromatic nitrogens is 5. The molecule has 2 bridgehead atoms. The van der Waals surface area contributed by atoms with Gasteiger partial charge in [0, 0.05) is 35.1 Å². The second-order valence-electron chi connectivity index (χ2n) is 9.55. The smallest absolute Gasteiger partial charge is 0.307 e. The van der Waals surface area contributed by atoms with Crippen LogP contribution in [0.1, 0.15) is 31.4 Å². The van der Waals surface area contributed by atoms with E-state index in [-0.39, 0.29) is 41.4 Å². The first kappa shape index (κ1) is 21.8. The fourth-order valence-corrected chi connectivity index (χ4v) is 6.09. The van der Waals surface area contributed by atoms with Crippen molar-refractivity contribution in [3.05, 3.63) is 60.3 Å². The number of pyridine rings is 2. The summed E-state index contributed by atoms with van der Waals surface area (Å²) in [5.41, 5.74) is 1.80. The fraction of sp³-hybridized carbons (Fsp3) is 0.346. The van der Waals surface area contributed by atoms with Crippen molar-refractivity contribution in [3.8, 4) is 22.6 Å². The number of aliphatic carboxylic acids is 1. The summed E-state index contributed by atoms with van der Waals surface area (Å²) in [5, 5.41) is 10.5. The van der Waals surface area contributed by atoms with E-state index in [1.165, 1.54) is 6.07 Å². The summed E-state index contributed by atoms with van der Waals surface area (Å²) in [7, 11) is 0. The number of nitrogens with zero attached hydrogens (tertiary/aromatic N) is 4. The van der Waals surface area contributed by atoms with Crippen LogP contribution in [0.15, 0.2) is 43.0 Å². The molecule has 2 N–H and O–H groups in total. The van der Waals surface area contributed by atoms with Crippen LogP contribution in [0.2, 0.25) is 0 Å². The molecule has 4 heterocycles. The van der Waals surface area contributed by atoms with Gasteiger partial charge in [0.25, 0.3) is 0 Å². The zero-order valence-electron chi connectivity index (χ0n) is 18.8. The molecule has 4 aromatic heterocycles. The first-order valence-electron chi connectivity index (χ1n) is 11.8. The number of hydrogen-bond donors (Lipinski definition) is 2. The van der Waals surface area contributed by atoms with Gasteiger partial charge in [-0.2, -0.15) is 0 Å². The number of fused-ring (bicyclic) bond motifs is 4. The molecule has 0 radical (unpaired) electrons. The average molecular weight is 475 g/mol. The van der Waals surface area contributed by atoms with E-state index in [9.17, 15) is 14.3 Å². The molecular formula is C26H23F2N5O2. The lowest BCUT2D eigenvalue weighted by atomic mass is 9.57. The van der Waals surface area contributed by atoms with Crippen LogP contribution in [0.3, 0.4) is 0 Å². The Bertz CT molecular complexity index is 1420. The Morgan fingerprint density at radius 1 is 1.09 bits per heavy atom. The minimum Gasteiger partial charge on any atom is -0.481 e. The molecule has 0 saturated heterocycles. The van der Waals surface area contributed by atoms with Crippen LogP contribution in [0.4, 0.5) is 8.78 Å². The van der Waals surface area contributed by atoms with Crippen LogP contribution in [0, 0.1) is 35.3 Å². The highest BCUT2D eigenvalue weighted by molar-refractivity contribution is 5.91. The predicted molar refractivity (Wildman–Crippen MR) is 124 cm³/mol. The summed E-state index contributed by atoms with van der Waals surface area (Å²) in [6, 6.07) is 4.67. The van der Waals surface area contributed by atoms with Gasteiger partial charge in [-0.15, -0.1) is 0 Å². The molecule has 7 rings (SSSR count). The minimum absolute atomic E-state index is 0.110. The number of H-pyrrole nitrogens is 1. The van der Waals surface area contributed by atoms with E-state index >= 15 is 4.39 Å². The van der Waals surface area contributed by atoms with E-state index in [1.807, 2.05) is 0 Å². The molecule has 3 saturated carbocycles. The van der Waals surface area contributed by atoms with Crippen molar-refractivity contribution in [2.45, 2.75) is 32.1 Å². The fourth-order valence-electron chi connectivity index (χ4n) is 6.09. The number of hydrogen-bond acceptors (Lipinski definition) is 5. The Labute approximate surface area is 199 Å². The van der Waals surface area contributed by atoms with Crippen molar-refractivity contribution >= 4 is 17.0 Å². The van der Waals surface area contributed by atoms with Gasteiger partial charge in [0.15, 0.2) is 11.6 Å². The van der Waals surface area contributed by atoms with E-state index in [4.69, 9.17) is 0 Å². The third kappa shape index (κ3) is 3.75. The maximum atomic E-state index is 15.9. The summed E-state index contributed by atoms with van der Waals surface area (Å²) < 4.78 is 29.9. The van der Waals surface area contributed by atoms with Gasteiger partial charge in [0.05, 0.1) is 17.8 Å². The van der Waals surface area contributed by atoms with Crippen LogP contribution in [0.25, 0.3) is 33.7 Å². The third-order valence-electron chi connectivity index (χ3n) is 7.72. The number of nitrogens with one attached hydrogen (secondary N) is 1. The molecule has 0 aliphatic heterocycles. The normalized spacial score (nSPS) is 23.6. The van der Waals surface area contributed by atoms with Crippen molar-refractivity contribution in [2.75, 3.05) is 0 Å². The van der Waals surface area contributed by atoms with Gasteiger partial charge < -0.3 is 10.1 Å². The molecule has 178 valence electrons. The maximum Gasteiger partial charge on any atom is 0.307 e. The number of aromatic amines is 1. The first-order chi connectivity index (χ1) is 17.0. The molecule has 4 aromatic rings. The summed E-state index contributed by atoms with van der Waals surface area (Å²) in [6.45, 7) is 0. The van der Waals surface area contributed by atoms with Crippen molar-refractivity contribution in [1.82, 2.24) is 24.9 Å². The maximum absolute atomic E-state index is 15.9. The van der Waals surface area contributed by atoms with Gasteiger partial charge in [-0.25, -0.2) is 23.7 Å². The van der Waals surface area contributed by atoms with E-state index < -0.39 is 23.5 Å². The lowest BCUT2D eigenvalue weighted by molar-refractivity contribution is -0.152. The molecule has 2 atom stereocenters. The lowest BCUT2D eigenvalue weighted by Gasteiger charge is -2.46. The summed E-state index contributed by atoms with van der Waals surface area (Å²) >= 11 is 0. The topological polar surface area (TPSA) is 105 Å². The highest BCUT2D eigenvalue weighted by Crippen LogP contribution is 2.50. The molecule has 7 nitrogen and oxygen atoms in total. The molecule has 0 aromatic carbocycles. The number of carboxylic acid groups (broad SMARTS) is 1. The number of carboxylic acids is 1. The zero-order chi connectivity index (χ0) is 24.1. The number of halogens is 2. The number of carbonyl (C=O) groups is 1. The van der Waals surface area contributed by atoms with Gasteiger partial charge in [0.2, 0.25) is 0 Å². The standard InChI is InChI=1S/C26H23F2N5O2/c27-16-9-18-19(12-31-24(18)30-11-16)25-32-20(22(28)23(33-25)15-5-7-29-8-6-15)10-17-13-1-3-14(4-2-13)21(17)26(34)35/h5-9,11-14,17,21H,1-4,10H2,(H,30,31)(H,34,35). The second-order valence-corrected chi connectivity index (χ2v) is 9.55. The SMILES string of the molecule is O=C(O)C1C2CCC(CC2)C1Cc1nc(-c2c[nH]c3ncc(F)cc23)nc(-c2ccncc2)c1F. The van der Waals surface area contributed by atoms with Crippen molar-refractivity contribution < 1.29 is 18.7 Å². The molecule has 9 heteroatoms. The molecule has 0 spiro atoms. The summed E-state index contributed by atoms with van der Waals surface area (Å²) in [4.78, 5) is 32.3. The van der Waals surface area contributed by atoms with Gasteiger partial charge in [-0.05, 0) is 68.1 Å². The first-order valence-corrected chi connectivity index (χ1v) is 11.8. The van der Waals surface area contributed by atoms with Gasteiger partial charge in [0.1, 0.15) is 17.2 Å². The third-order valence-corrected chi connectivity index (χ3v) is 7.72. The summed E-state index contributed by atoms with van der Waals surface area (Å²) in [5.74, 6) is -1.98. The largest absolute Gasteiger partial charge is 0.481 e. The van der Waals surface area contributed by atoms with Crippen LogP contribution in [-0.2, 0) is 11.2 Å². The van der Waals surface area contributed by atoms with Gasteiger partial charge >= 0.3 is 5.97 Å². The Balaban J connectivity index is 1.50. The summed E-state index contributed by atoms with van der Waals surface area (Å²) in [6.07, 6.45) is 9.82. The van der Waals surface area contributed by atoms with E-state index in [0.717, 1.165) is 31.9 Å². The Morgan fingerprint density at radius 2 is 1.83 bits per heavy atom. The zero-order valence-corrected chi connectivity index (χ0v) is 18.8. The Kier molecular flexibility index (Phi) is 5.27. The highest BCUT2D eigenvalue weighted by Gasteiger charge is 2.47. The molecular weight excluding hydrogens is 452 g/mol. The number of rotatable bonds is 5. The van der Waals surface area contributed by atoms with E-state index in [2.05, 4.69) is 24.9 Å². The lowest BCUT2D eigenvalue weighted by Crippen LogP contribution is -2.45. The van der Waals surface area contributed by atoms with Gasteiger partial charge in [-0.3, -0.25) is 9.78 Å². The molecule has 2 unspecified atom stereocenters. The van der Waals surface area contributed by atoms with E-state index in [0.29, 0.717) is 22.2 Å². The van der Waals surface area contributed by atoms with Crippen molar-refractivity contribution in [1.29, 1.82) is 0 Å². The monoisotopic (exact) mass is 475 g/mol. The van der Waals surface area contributed by atoms with Crippen molar-refractivity contribution in [2.24, 2.45) is 23.7 Å². The molecule has 0 amide bonds. The van der Waals surface area contributed by atoms with Gasteiger partial charge in [-0.1, -0.05) is 0 Å². The molecule has 3 fully saturated rings. The Hall–Kier alpha value is -3.75. The highest BCUT2D eigenvalue weighted by atomic mass is 19.1. The Morgan fingerprint density at radius 3 is 2.57 bits per heavy atom. The molecule has 3 aliphatic carbocycles. The van der Waals surface area contributed by atoms with Crippen molar-refractivity contribution in [3.63, 3.8) is 0 Å². The van der Waals surface area contributed by atoms with Crippen LogP contribution in [-0.4, -0.2) is 36.0 Å². The van der Waals surface area contributed by atoms with E-state index in [1.54, 1.807) is 30.7 Å².